The molecular weight excluding hydrogens is 406 g/mol. The summed E-state index contributed by atoms with van der Waals surface area (Å²) in [6, 6.07) is 17.3. The molecule has 2 amide bonds. The zero-order valence-electron chi connectivity index (χ0n) is 16.0. The molecule has 0 radical (unpaired) electrons. The molecule has 0 saturated carbocycles. The number of carbonyl (C=O) groups excluding carboxylic acids is 2. The Hall–Kier alpha value is -3.45. The first kappa shape index (κ1) is 19.8. The first-order valence-electron chi connectivity index (χ1n) is 9.45. The van der Waals surface area contributed by atoms with E-state index in [1.807, 2.05) is 42.5 Å². The van der Waals surface area contributed by atoms with E-state index in [-0.39, 0.29) is 28.1 Å². The van der Waals surface area contributed by atoms with Gasteiger partial charge in [0.2, 0.25) is 0 Å². The second kappa shape index (κ2) is 8.12. The summed E-state index contributed by atoms with van der Waals surface area (Å²) in [6.45, 7) is 1.54. The summed E-state index contributed by atoms with van der Waals surface area (Å²) in [5, 5.41) is 13.0. The molecule has 1 aliphatic heterocycles. The maximum atomic E-state index is 12.9. The SMILES string of the molecule is O=C(c1ccc2ccccc2c1)N1CCN(C(=O)c2ccc([N+](=O)[O-])cc2Cl)CC1. The van der Waals surface area contributed by atoms with Gasteiger partial charge in [-0.15, -0.1) is 0 Å². The highest BCUT2D eigenvalue weighted by Crippen LogP contribution is 2.24. The van der Waals surface area contributed by atoms with Crippen LogP contribution in [0.25, 0.3) is 10.8 Å². The molecular formula is C22H18ClN3O4. The molecule has 0 aliphatic carbocycles. The number of amides is 2. The molecule has 0 spiro atoms. The van der Waals surface area contributed by atoms with Crippen LogP contribution in [0.2, 0.25) is 5.02 Å². The lowest BCUT2D eigenvalue weighted by atomic mass is 10.1. The molecule has 3 aromatic rings. The number of nitro groups is 1. The number of carbonyl (C=O) groups is 2. The predicted octanol–water partition coefficient (Wildman–Crippen LogP) is 4.00. The van der Waals surface area contributed by atoms with E-state index >= 15 is 0 Å². The second-order valence-corrected chi connectivity index (χ2v) is 7.47. The van der Waals surface area contributed by atoms with Gasteiger partial charge in [-0.05, 0) is 29.0 Å². The molecule has 1 heterocycles. The molecule has 1 aliphatic rings. The van der Waals surface area contributed by atoms with E-state index in [0.717, 1.165) is 10.8 Å². The fourth-order valence-corrected chi connectivity index (χ4v) is 3.83. The number of rotatable bonds is 3. The maximum absolute atomic E-state index is 12.9. The van der Waals surface area contributed by atoms with Crippen molar-refractivity contribution in [1.82, 2.24) is 9.80 Å². The molecule has 0 N–H and O–H groups in total. The van der Waals surface area contributed by atoms with Gasteiger partial charge in [0.15, 0.2) is 0 Å². The number of hydrogen-bond donors (Lipinski definition) is 0. The number of halogens is 1. The van der Waals surface area contributed by atoms with Crippen molar-refractivity contribution in [3.8, 4) is 0 Å². The van der Waals surface area contributed by atoms with Crippen LogP contribution in [0.5, 0.6) is 0 Å². The van der Waals surface area contributed by atoms with Gasteiger partial charge in [0.1, 0.15) is 0 Å². The Labute approximate surface area is 177 Å². The second-order valence-electron chi connectivity index (χ2n) is 7.07. The number of benzene rings is 3. The van der Waals surface area contributed by atoms with Crippen LogP contribution in [-0.2, 0) is 0 Å². The van der Waals surface area contributed by atoms with Crippen LogP contribution in [0.1, 0.15) is 20.7 Å². The quantitative estimate of drug-likeness (QED) is 0.471. The lowest BCUT2D eigenvalue weighted by Gasteiger charge is -2.35. The number of fused-ring (bicyclic) bond motifs is 1. The largest absolute Gasteiger partial charge is 0.335 e. The Kier molecular flexibility index (Phi) is 5.37. The summed E-state index contributed by atoms with van der Waals surface area (Å²) in [7, 11) is 0. The molecule has 4 rings (SSSR count). The predicted molar refractivity (Wildman–Crippen MR) is 114 cm³/mol. The fourth-order valence-electron chi connectivity index (χ4n) is 3.58. The normalized spacial score (nSPS) is 14.0. The van der Waals surface area contributed by atoms with Gasteiger partial charge >= 0.3 is 0 Å². The molecule has 0 bridgehead atoms. The summed E-state index contributed by atoms with van der Waals surface area (Å²) in [4.78, 5) is 39.3. The van der Waals surface area contributed by atoms with Crippen LogP contribution < -0.4 is 0 Å². The monoisotopic (exact) mass is 423 g/mol. The molecule has 0 atom stereocenters. The summed E-state index contributed by atoms with van der Waals surface area (Å²) in [5.41, 5.74) is 0.672. The minimum absolute atomic E-state index is 0.0452. The lowest BCUT2D eigenvalue weighted by Crippen LogP contribution is -2.50. The van der Waals surface area contributed by atoms with Crippen molar-refractivity contribution in [1.29, 1.82) is 0 Å². The van der Waals surface area contributed by atoms with Gasteiger partial charge in [-0.3, -0.25) is 19.7 Å². The highest BCUT2D eigenvalue weighted by Gasteiger charge is 2.27. The van der Waals surface area contributed by atoms with Gasteiger partial charge in [0.25, 0.3) is 17.5 Å². The fraction of sp³-hybridized carbons (Fsp3) is 0.182. The third-order valence-corrected chi connectivity index (χ3v) is 5.56. The van der Waals surface area contributed by atoms with E-state index in [0.29, 0.717) is 31.7 Å². The molecule has 0 aromatic heterocycles. The van der Waals surface area contributed by atoms with Crippen molar-refractivity contribution < 1.29 is 14.5 Å². The third kappa shape index (κ3) is 3.84. The van der Waals surface area contributed by atoms with Crippen molar-refractivity contribution in [3.63, 3.8) is 0 Å². The van der Waals surface area contributed by atoms with E-state index in [4.69, 9.17) is 11.6 Å². The van der Waals surface area contributed by atoms with Crippen LogP contribution >= 0.6 is 11.6 Å². The van der Waals surface area contributed by atoms with Crippen LogP contribution in [0.4, 0.5) is 5.69 Å². The Morgan fingerprint density at radius 2 is 1.47 bits per heavy atom. The average molecular weight is 424 g/mol. The zero-order valence-corrected chi connectivity index (χ0v) is 16.7. The van der Waals surface area contributed by atoms with Crippen molar-refractivity contribution in [2.45, 2.75) is 0 Å². The van der Waals surface area contributed by atoms with Crippen LogP contribution in [0, 0.1) is 10.1 Å². The minimum Gasteiger partial charge on any atom is -0.335 e. The van der Waals surface area contributed by atoms with Gasteiger partial charge in [0, 0.05) is 43.9 Å². The minimum atomic E-state index is -0.558. The summed E-state index contributed by atoms with van der Waals surface area (Å²) >= 11 is 6.08. The Bertz CT molecular complexity index is 1160. The molecule has 0 unspecified atom stereocenters. The average Bonchev–Trinajstić information content (AvgIpc) is 2.77. The summed E-state index contributed by atoms with van der Waals surface area (Å²) in [6.07, 6.45) is 0. The van der Waals surface area contributed by atoms with E-state index in [9.17, 15) is 19.7 Å². The number of non-ortho nitro benzene ring substituents is 1. The smallest absolute Gasteiger partial charge is 0.270 e. The van der Waals surface area contributed by atoms with Crippen molar-refractivity contribution in [3.05, 3.63) is 86.9 Å². The van der Waals surface area contributed by atoms with E-state index in [2.05, 4.69) is 0 Å². The van der Waals surface area contributed by atoms with Crippen molar-refractivity contribution in [2.24, 2.45) is 0 Å². The topological polar surface area (TPSA) is 83.8 Å². The highest BCUT2D eigenvalue weighted by molar-refractivity contribution is 6.34. The molecule has 1 fully saturated rings. The number of nitro benzene ring substituents is 1. The Morgan fingerprint density at radius 3 is 2.10 bits per heavy atom. The van der Waals surface area contributed by atoms with Crippen molar-refractivity contribution in [2.75, 3.05) is 26.2 Å². The van der Waals surface area contributed by atoms with Crippen LogP contribution in [-0.4, -0.2) is 52.7 Å². The van der Waals surface area contributed by atoms with Gasteiger partial charge in [-0.2, -0.15) is 0 Å². The molecule has 152 valence electrons. The number of hydrogen-bond acceptors (Lipinski definition) is 4. The van der Waals surface area contributed by atoms with Crippen LogP contribution in [0.3, 0.4) is 0 Å². The maximum Gasteiger partial charge on any atom is 0.270 e. The van der Waals surface area contributed by atoms with Crippen LogP contribution in [0.15, 0.2) is 60.7 Å². The van der Waals surface area contributed by atoms with E-state index in [1.54, 1.807) is 9.80 Å². The zero-order chi connectivity index (χ0) is 21.3. The first-order chi connectivity index (χ1) is 14.4. The Balaban J connectivity index is 1.43. The molecule has 7 nitrogen and oxygen atoms in total. The highest BCUT2D eigenvalue weighted by atomic mass is 35.5. The van der Waals surface area contributed by atoms with E-state index in [1.165, 1.54) is 18.2 Å². The van der Waals surface area contributed by atoms with Gasteiger partial charge in [-0.1, -0.05) is 41.9 Å². The molecule has 3 aromatic carbocycles. The third-order valence-electron chi connectivity index (χ3n) is 5.24. The van der Waals surface area contributed by atoms with Gasteiger partial charge in [-0.25, -0.2) is 0 Å². The Morgan fingerprint density at radius 1 is 0.833 bits per heavy atom. The van der Waals surface area contributed by atoms with Crippen molar-refractivity contribution >= 4 is 39.9 Å². The van der Waals surface area contributed by atoms with E-state index < -0.39 is 4.92 Å². The molecule has 8 heteroatoms. The first-order valence-corrected chi connectivity index (χ1v) is 9.83. The van der Waals surface area contributed by atoms with Gasteiger partial charge < -0.3 is 9.80 Å². The standard InChI is InChI=1S/C22H18ClN3O4/c23-20-14-18(26(29)30)7-8-19(20)22(28)25-11-9-24(10-12-25)21(27)17-6-5-15-3-1-2-4-16(15)13-17/h1-8,13-14H,9-12H2. The van der Waals surface area contributed by atoms with Gasteiger partial charge in [0.05, 0.1) is 15.5 Å². The lowest BCUT2D eigenvalue weighted by molar-refractivity contribution is -0.384. The summed E-state index contributed by atoms with van der Waals surface area (Å²) < 4.78 is 0. The molecule has 1 saturated heterocycles. The number of nitrogens with zero attached hydrogens (tertiary/aromatic N) is 3. The summed E-state index contributed by atoms with van der Waals surface area (Å²) in [5.74, 6) is -0.367. The molecule has 30 heavy (non-hydrogen) atoms. The number of piperazine rings is 1.